The van der Waals surface area contributed by atoms with Gasteiger partial charge in [-0.2, -0.15) is 0 Å². The summed E-state index contributed by atoms with van der Waals surface area (Å²) in [4.78, 5) is 11.9. The average molecular weight is 263 g/mol. The molecule has 1 rings (SSSR count). The number of benzene rings is 1. The van der Waals surface area contributed by atoms with Crippen LogP contribution in [0.25, 0.3) is 0 Å². The van der Waals surface area contributed by atoms with E-state index < -0.39 is 5.41 Å². The summed E-state index contributed by atoms with van der Waals surface area (Å²) in [6.07, 6.45) is 0.579. The minimum absolute atomic E-state index is 0.153. The number of carbonyl (C=O) groups is 1. The van der Waals surface area contributed by atoms with Crippen LogP contribution in [0, 0.1) is 19.3 Å². The Hall–Kier alpha value is -1.35. The van der Waals surface area contributed by atoms with Crippen LogP contribution in [0.2, 0.25) is 0 Å². The number of hydrogen-bond acceptors (Lipinski definition) is 3. The zero-order chi connectivity index (χ0) is 14.6. The summed E-state index contributed by atoms with van der Waals surface area (Å²) in [6.45, 7) is 10.1. The second kappa shape index (κ2) is 6.20. The van der Waals surface area contributed by atoms with Crippen molar-refractivity contribution in [2.75, 3.05) is 6.61 Å². The minimum atomic E-state index is -0.564. The van der Waals surface area contributed by atoms with Crippen LogP contribution in [0.5, 0.6) is 0 Å². The average Bonchev–Trinajstić information content (AvgIpc) is 2.32. The topological polar surface area (TPSA) is 52.3 Å². The van der Waals surface area contributed by atoms with Crippen LogP contribution in [0.1, 0.15) is 49.9 Å². The smallest absolute Gasteiger partial charge is 0.311 e. The van der Waals surface area contributed by atoms with Gasteiger partial charge in [0, 0.05) is 6.04 Å². The Labute approximate surface area is 116 Å². The first-order chi connectivity index (χ1) is 8.77. The lowest BCUT2D eigenvalue weighted by Crippen LogP contribution is -2.31. The first-order valence-corrected chi connectivity index (χ1v) is 6.78. The molecule has 1 aromatic carbocycles. The molecule has 0 fully saturated rings. The molecule has 3 heteroatoms. The highest BCUT2D eigenvalue weighted by Gasteiger charge is 2.32. The zero-order valence-electron chi connectivity index (χ0n) is 12.6. The second-order valence-corrected chi connectivity index (χ2v) is 5.78. The maximum absolute atomic E-state index is 11.9. The number of hydrogen-bond donors (Lipinski definition) is 1. The molecule has 1 atom stereocenters. The van der Waals surface area contributed by atoms with Crippen molar-refractivity contribution in [2.24, 2.45) is 11.1 Å². The van der Waals surface area contributed by atoms with E-state index in [2.05, 4.69) is 18.2 Å². The van der Waals surface area contributed by atoms with Crippen molar-refractivity contribution in [3.63, 3.8) is 0 Å². The van der Waals surface area contributed by atoms with Gasteiger partial charge < -0.3 is 10.5 Å². The van der Waals surface area contributed by atoms with Crippen molar-refractivity contribution < 1.29 is 9.53 Å². The number of carbonyl (C=O) groups excluding carboxylic acids is 1. The standard InChI is InChI=1S/C16H25NO2/c1-6-19-15(18)16(4,5)10-14(17)13-9-11(2)7-8-12(13)3/h7-9,14H,6,10,17H2,1-5H3. The van der Waals surface area contributed by atoms with Crippen LogP contribution in [-0.4, -0.2) is 12.6 Å². The number of esters is 1. The Morgan fingerprint density at radius 2 is 2.00 bits per heavy atom. The monoisotopic (exact) mass is 263 g/mol. The lowest BCUT2D eigenvalue weighted by molar-refractivity contribution is -0.154. The Kier molecular flexibility index (Phi) is 5.12. The molecule has 2 N–H and O–H groups in total. The van der Waals surface area contributed by atoms with Crippen molar-refractivity contribution in [1.82, 2.24) is 0 Å². The second-order valence-electron chi connectivity index (χ2n) is 5.78. The van der Waals surface area contributed by atoms with Crippen molar-refractivity contribution in [1.29, 1.82) is 0 Å². The SMILES string of the molecule is CCOC(=O)C(C)(C)CC(N)c1cc(C)ccc1C. The quantitative estimate of drug-likeness (QED) is 0.829. The lowest BCUT2D eigenvalue weighted by atomic mass is 9.82. The molecule has 3 nitrogen and oxygen atoms in total. The molecule has 0 saturated heterocycles. The van der Waals surface area contributed by atoms with Crippen molar-refractivity contribution in [3.05, 3.63) is 34.9 Å². The molecule has 0 saturated carbocycles. The third kappa shape index (κ3) is 4.06. The van der Waals surface area contributed by atoms with Gasteiger partial charge in [-0.3, -0.25) is 4.79 Å². The third-order valence-corrected chi connectivity index (χ3v) is 3.39. The summed E-state index contributed by atoms with van der Waals surface area (Å²) in [5.74, 6) is -0.184. The van der Waals surface area contributed by atoms with E-state index in [9.17, 15) is 4.79 Å². The maximum atomic E-state index is 11.9. The maximum Gasteiger partial charge on any atom is 0.311 e. The Morgan fingerprint density at radius 3 is 2.58 bits per heavy atom. The van der Waals surface area contributed by atoms with Crippen molar-refractivity contribution in [3.8, 4) is 0 Å². The van der Waals surface area contributed by atoms with Gasteiger partial charge in [0.05, 0.1) is 12.0 Å². The van der Waals surface area contributed by atoms with E-state index in [4.69, 9.17) is 10.5 Å². The van der Waals surface area contributed by atoms with E-state index >= 15 is 0 Å². The summed E-state index contributed by atoms with van der Waals surface area (Å²) in [6, 6.07) is 6.09. The molecule has 0 aliphatic carbocycles. The number of nitrogens with two attached hydrogens (primary N) is 1. The minimum Gasteiger partial charge on any atom is -0.466 e. The molecule has 0 aromatic heterocycles. The highest BCUT2D eigenvalue weighted by atomic mass is 16.5. The molecule has 0 radical (unpaired) electrons. The largest absolute Gasteiger partial charge is 0.466 e. The van der Waals surface area contributed by atoms with Crippen LogP contribution >= 0.6 is 0 Å². The normalized spacial score (nSPS) is 13.2. The van der Waals surface area contributed by atoms with E-state index in [1.54, 1.807) is 0 Å². The fourth-order valence-corrected chi connectivity index (χ4v) is 2.23. The summed E-state index contributed by atoms with van der Waals surface area (Å²) >= 11 is 0. The fourth-order valence-electron chi connectivity index (χ4n) is 2.23. The van der Waals surface area contributed by atoms with Gasteiger partial charge in [-0.25, -0.2) is 0 Å². The van der Waals surface area contributed by atoms with Gasteiger partial charge >= 0.3 is 5.97 Å². The Balaban J connectivity index is 2.86. The van der Waals surface area contributed by atoms with E-state index in [1.807, 2.05) is 34.6 Å². The Bertz CT molecular complexity index is 452. The van der Waals surface area contributed by atoms with Gasteiger partial charge in [-0.15, -0.1) is 0 Å². The van der Waals surface area contributed by atoms with E-state index in [-0.39, 0.29) is 12.0 Å². The van der Waals surface area contributed by atoms with Gasteiger partial charge in [-0.1, -0.05) is 23.8 Å². The molecule has 0 bridgehead atoms. The zero-order valence-corrected chi connectivity index (χ0v) is 12.6. The lowest BCUT2D eigenvalue weighted by Gasteiger charge is -2.26. The van der Waals surface area contributed by atoms with E-state index in [1.165, 1.54) is 5.56 Å². The fraction of sp³-hybridized carbons (Fsp3) is 0.562. The summed E-state index contributed by atoms with van der Waals surface area (Å²) < 4.78 is 5.10. The molecule has 0 heterocycles. The van der Waals surface area contributed by atoms with Gasteiger partial charge in [0.2, 0.25) is 0 Å². The van der Waals surface area contributed by atoms with Gasteiger partial charge in [0.1, 0.15) is 0 Å². The molecule has 0 spiro atoms. The molecular weight excluding hydrogens is 238 g/mol. The number of ether oxygens (including phenoxy) is 1. The predicted octanol–water partition coefficient (Wildman–Crippen LogP) is 3.28. The number of rotatable bonds is 5. The predicted molar refractivity (Wildman–Crippen MR) is 77.9 cm³/mol. The molecule has 0 amide bonds. The highest BCUT2D eigenvalue weighted by molar-refractivity contribution is 5.76. The first-order valence-electron chi connectivity index (χ1n) is 6.78. The van der Waals surface area contributed by atoms with Crippen LogP contribution in [0.3, 0.4) is 0 Å². The number of aryl methyl sites for hydroxylation is 2. The van der Waals surface area contributed by atoms with Gasteiger partial charge in [0.25, 0.3) is 0 Å². The molecule has 106 valence electrons. The molecule has 0 aliphatic heterocycles. The van der Waals surface area contributed by atoms with Gasteiger partial charge in [-0.05, 0) is 52.2 Å². The van der Waals surface area contributed by atoms with Crippen LogP contribution < -0.4 is 5.73 Å². The van der Waals surface area contributed by atoms with Crippen molar-refractivity contribution >= 4 is 5.97 Å². The van der Waals surface area contributed by atoms with E-state index in [0.29, 0.717) is 13.0 Å². The summed E-state index contributed by atoms with van der Waals surface area (Å²) in [7, 11) is 0. The highest BCUT2D eigenvalue weighted by Crippen LogP contribution is 2.31. The van der Waals surface area contributed by atoms with Crippen LogP contribution in [0.15, 0.2) is 18.2 Å². The summed E-state index contributed by atoms with van der Waals surface area (Å²) in [5.41, 5.74) is 9.17. The van der Waals surface area contributed by atoms with Crippen LogP contribution in [0.4, 0.5) is 0 Å². The van der Waals surface area contributed by atoms with Gasteiger partial charge in [0.15, 0.2) is 0 Å². The van der Waals surface area contributed by atoms with Crippen molar-refractivity contribution in [2.45, 2.75) is 47.1 Å². The first kappa shape index (κ1) is 15.7. The molecule has 19 heavy (non-hydrogen) atoms. The molecule has 1 aromatic rings. The summed E-state index contributed by atoms with van der Waals surface area (Å²) in [5, 5.41) is 0. The molecule has 1 unspecified atom stereocenters. The molecule has 0 aliphatic rings. The third-order valence-electron chi connectivity index (χ3n) is 3.39. The van der Waals surface area contributed by atoms with E-state index in [0.717, 1.165) is 11.1 Å². The molecular formula is C16H25NO2. The Morgan fingerprint density at radius 1 is 1.37 bits per heavy atom. The van der Waals surface area contributed by atoms with Crippen LogP contribution in [-0.2, 0) is 9.53 Å².